The molecule has 0 heterocycles. The van der Waals surface area contributed by atoms with E-state index in [9.17, 15) is 13.5 Å². The molecule has 2 unspecified atom stereocenters. The maximum Gasteiger partial charge on any atom is 0.277 e. The Morgan fingerprint density at radius 3 is 2.57 bits per heavy atom. The quantitative estimate of drug-likeness (QED) is 0.613. The highest BCUT2D eigenvalue weighted by atomic mass is 32.2. The molecule has 0 spiro atoms. The molecule has 0 bridgehead atoms. The molecule has 1 rings (SSSR count). The molecule has 5 nitrogen and oxygen atoms in total. The lowest BCUT2D eigenvalue weighted by Gasteiger charge is -2.27. The molecular formula is C8H18N2O3S. The molecule has 0 aromatic heterocycles. The van der Waals surface area contributed by atoms with Crippen molar-refractivity contribution in [2.45, 2.75) is 44.8 Å². The molecule has 0 saturated heterocycles. The summed E-state index contributed by atoms with van der Waals surface area (Å²) in [4.78, 5) is 0. The zero-order valence-electron chi connectivity index (χ0n) is 8.36. The first-order valence-corrected chi connectivity index (χ1v) is 6.48. The summed E-state index contributed by atoms with van der Waals surface area (Å²) in [6, 6.07) is -0.326. The molecule has 0 aromatic carbocycles. The standard InChI is InChI=1S/C8H18N2O3S/c1-2-9-14(12,13)10-7-5-3-4-6-8(7)11/h7-11H,2-6H2,1H3. The van der Waals surface area contributed by atoms with Crippen LogP contribution in [-0.2, 0) is 10.2 Å². The molecule has 0 aromatic rings. The van der Waals surface area contributed by atoms with Crippen LogP contribution in [0.5, 0.6) is 0 Å². The molecule has 1 saturated carbocycles. The molecule has 2 atom stereocenters. The Morgan fingerprint density at radius 1 is 1.36 bits per heavy atom. The average molecular weight is 222 g/mol. The molecule has 0 aliphatic heterocycles. The smallest absolute Gasteiger partial charge is 0.277 e. The van der Waals surface area contributed by atoms with Gasteiger partial charge in [-0.05, 0) is 12.8 Å². The van der Waals surface area contributed by atoms with E-state index in [1.165, 1.54) is 0 Å². The molecule has 0 radical (unpaired) electrons. The van der Waals surface area contributed by atoms with Crippen molar-refractivity contribution < 1.29 is 13.5 Å². The van der Waals surface area contributed by atoms with Gasteiger partial charge in [0.05, 0.1) is 6.10 Å². The van der Waals surface area contributed by atoms with Gasteiger partial charge in [0.1, 0.15) is 0 Å². The van der Waals surface area contributed by atoms with Crippen molar-refractivity contribution in [2.24, 2.45) is 0 Å². The van der Waals surface area contributed by atoms with Crippen LogP contribution in [0.15, 0.2) is 0 Å². The number of nitrogens with one attached hydrogen (secondary N) is 2. The lowest BCUT2D eigenvalue weighted by Crippen LogP contribution is -2.49. The van der Waals surface area contributed by atoms with Crippen LogP contribution < -0.4 is 9.44 Å². The minimum atomic E-state index is -3.42. The van der Waals surface area contributed by atoms with E-state index >= 15 is 0 Å². The van der Waals surface area contributed by atoms with Gasteiger partial charge in [-0.25, -0.2) is 4.72 Å². The summed E-state index contributed by atoms with van der Waals surface area (Å²) in [7, 11) is -3.42. The molecule has 0 amide bonds. The summed E-state index contributed by atoms with van der Waals surface area (Å²) >= 11 is 0. The third-order valence-corrected chi connectivity index (χ3v) is 3.65. The number of hydrogen-bond donors (Lipinski definition) is 3. The maximum absolute atomic E-state index is 11.3. The van der Waals surface area contributed by atoms with Crippen LogP contribution >= 0.6 is 0 Å². The number of aliphatic hydroxyl groups is 1. The minimum Gasteiger partial charge on any atom is -0.391 e. The Labute approximate surface area is 85.1 Å². The van der Waals surface area contributed by atoms with Gasteiger partial charge < -0.3 is 5.11 Å². The molecule has 14 heavy (non-hydrogen) atoms. The minimum absolute atomic E-state index is 0.326. The van der Waals surface area contributed by atoms with Gasteiger partial charge in [0.15, 0.2) is 0 Å². The Kier molecular flexibility index (Phi) is 4.31. The third-order valence-electron chi connectivity index (χ3n) is 2.37. The van der Waals surface area contributed by atoms with Gasteiger partial charge in [-0.15, -0.1) is 0 Å². The summed E-state index contributed by atoms with van der Waals surface area (Å²) in [5.74, 6) is 0. The van der Waals surface area contributed by atoms with E-state index < -0.39 is 16.3 Å². The van der Waals surface area contributed by atoms with Crippen molar-refractivity contribution in [3.8, 4) is 0 Å². The SMILES string of the molecule is CCNS(=O)(=O)NC1CCCCC1O. The third kappa shape index (κ3) is 3.53. The van der Waals surface area contributed by atoms with Crippen molar-refractivity contribution in [3.63, 3.8) is 0 Å². The number of hydrogen-bond acceptors (Lipinski definition) is 3. The Hall–Kier alpha value is -0.170. The Bertz CT molecular complexity index is 266. The van der Waals surface area contributed by atoms with E-state index in [0.29, 0.717) is 19.4 Å². The molecule has 1 fully saturated rings. The molecule has 1 aliphatic rings. The fraction of sp³-hybridized carbons (Fsp3) is 1.00. The van der Waals surface area contributed by atoms with Crippen LogP contribution in [0.4, 0.5) is 0 Å². The zero-order chi connectivity index (χ0) is 10.6. The van der Waals surface area contributed by atoms with Gasteiger partial charge in [0.25, 0.3) is 10.2 Å². The molecule has 3 N–H and O–H groups in total. The highest BCUT2D eigenvalue weighted by Crippen LogP contribution is 2.18. The highest BCUT2D eigenvalue weighted by Gasteiger charge is 2.26. The normalized spacial score (nSPS) is 29.0. The van der Waals surface area contributed by atoms with Crippen molar-refractivity contribution in [2.75, 3.05) is 6.54 Å². The topological polar surface area (TPSA) is 78.4 Å². The van der Waals surface area contributed by atoms with Crippen molar-refractivity contribution >= 4 is 10.2 Å². The number of aliphatic hydroxyl groups excluding tert-OH is 1. The predicted molar refractivity (Wildman–Crippen MR) is 54.0 cm³/mol. The largest absolute Gasteiger partial charge is 0.391 e. The first kappa shape index (κ1) is 11.9. The van der Waals surface area contributed by atoms with Gasteiger partial charge in [0, 0.05) is 12.6 Å². The van der Waals surface area contributed by atoms with Crippen molar-refractivity contribution in [1.82, 2.24) is 9.44 Å². The van der Waals surface area contributed by atoms with E-state index in [1.54, 1.807) is 6.92 Å². The van der Waals surface area contributed by atoms with Crippen LogP contribution in [0, 0.1) is 0 Å². The summed E-state index contributed by atoms with van der Waals surface area (Å²) in [6.07, 6.45) is 2.79. The van der Waals surface area contributed by atoms with Gasteiger partial charge in [-0.2, -0.15) is 13.1 Å². The highest BCUT2D eigenvalue weighted by molar-refractivity contribution is 7.87. The predicted octanol–water partition coefficient (Wildman–Crippen LogP) is -0.266. The zero-order valence-corrected chi connectivity index (χ0v) is 9.18. The Balaban J connectivity index is 2.49. The van der Waals surface area contributed by atoms with Gasteiger partial charge in [-0.1, -0.05) is 19.8 Å². The van der Waals surface area contributed by atoms with E-state index in [2.05, 4.69) is 9.44 Å². The molecular weight excluding hydrogens is 204 g/mol. The van der Waals surface area contributed by atoms with E-state index in [0.717, 1.165) is 12.8 Å². The van der Waals surface area contributed by atoms with Crippen molar-refractivity contribution in [3.05, 3.63) is 0 Å². The monoisotopic (exact) mass is 222 g/mol. The second kappa shape index (κ2) is 5.06. The second-order valence-corrected chi connectivity index (χ2v) is 5.11. The van der Waals surface area contributed by atoms with Crippen LogP contribution in [0.1, 0.15) is 32.6 Å². The second-order valence-electron chi connectivity index (χ2n) is 3.58. The molecule has 6 heteroatoms. The first-order chi connectivity index (χ1) is 6.55. The van der Waals surface area contributed by atoms with Gasteiger partial charge >= 0.3 is 0 Å². The lowest BCUT2D eigenvalue weighted by molar-refractivity contribution is 0.101. The van der Waals surface area contributed by atoms with Gasteiger partial charge in [-0.3, -0.25) is 0 Å². The Morgan fingerprint density at radius 2 is 2.00 bits per heavy atom. The summed E-state index contributed by atoms with van der Waals surface area (Å²) in [6.45, 7) is 2.08. The fourth-order valence-electron chi connectivity index (χ4n) is 1.68. The van der Waals surface area contributed by atoms with Crippen LogP contribution in [0.3, 0.4) is 0 Å². The fourth-order valence-corrected chi connectivity index (χ4v) is 2.82. The van der Waals surface area contributed by atoms with Gasteiger partial charge in [0.2, 0.25) is 0 Å². The maximum atomic E-state index is 11.3. The summed E-state index contributed by atoms with van der Waals surface area (Å²) in [5, 5.41) is 9.55. The average Bonchev–Trinajstić information content (AvgIpc) is 2.08. The summed E-state index contributed by atoms with van der Waals surface area (Å²) < 4.78 is 27.4. The molecule has 84 valence electrons. The van der Waals surface area contributed by atoms with E-state index in [-0.39, 0.29) is 6.04 Å². The van der Waals surface area contributed by atoms with E-state index in [4.69, 9.17) is 0 Å². The molecule has 1 aliphatic carbocycles. The lowest BCUT2D eigenvalue weighted by atomic mass is 9.93. The van der Waals surface area contributed by atoms with Crippen LogP contribution in [-0.4, -0.2) is 32.2 Å². The summed E-state index contributed by atoms with van der Waals surface area (Å²) in [5.41, 5.74) is 0. The number of rotatable bonds is 4. The van der Waals surface area contributed by atoms with Crippen LogP contribution in [0.2, 0.25) is 0 Å². The first-order valence-electron chi connectivity index (χ1n) is 5.00. The van der Waals surface area contributed by atoms with Crippen molar-refractivity contribution in [1.29, 1.82) is 0 Å². The van der Waals surface area contributed by atoms with E-state index in [1.807, 2.05) is 0 Å². The van der Waals surface area contributed by atoms with Crippen LogP contribution in [0.25, 0.3) is 0 Å².